The SMILES string of the molecule is CC1(C)O[C@H](C(=O)O)C(C)(C)O1. The summed E-state index contributed by atoms with van der Waals surface area (Å²) in [5.41, 5.74) is -0.755. The standard InChI is InChI=1S/C8H14O4/c1-7(2)5(6(9)10)11-8(3,4)12-7/h5H,1-4H3,(H,9,10)/t5-/m1/s1. The van der Waals surface area contributed by atoms with Crippen molar-refractivity contribution in [1.82, 2.24) is 0 Å². The maximum absolute atomic E-state index is 10.7. The summed E-state index contributed by atoms with van der Waals surface area (Å²) in [6, 6.07) is 0. The fraction of sp³-hybridized carbons (Fsp3) is 0.875. The molecule has 0 aliphatic carbocycles. The van der Waals surface area contributed by atoms with E-state index in [1.54, 1.807) is 27.7 Å². The van der Waals surface area contributed by atoms with Crippen LogP contribution >= 0.6 is 0 Å². The third-order valence-corrected chi connectivity index (χ3v) is 1.77. The van der Waals surface area contributed by atoms with Gasteiger partial charge in [-0.2, -0.15) is 0 Å². The van der Waals surface area contributed by atoms with Crippen molar-refractivity contribution in [2.45, 2.75) is 45.2 Å². The highest BCUT2D eigenvalue weighted by Crippen LogP contribution is 2.35. The first kappa shape index (κ1) is 9.48. The third-order valence-electron chi connectivity index (χ3n) is 1.77. The van der Waals surface area contributed by atoms with Crippen LogP contribution in [0.25, 0.3) is 0 Å². The lowest BCUT2D eigenvalue weighted by Gasteiger charge is -2.21. The van der Waals surface area contributed by atoms with Crippen LogP contribution in [0.1, 0.15) is 27.7 Å². The van der Waals surface area contributed by atoms with Gasteiger partial charge in [-0.15, -0.1) is 0 Å². The van der Waals surface area contributed by atoms with Crippen LogP contribution in [0.2, 0.25) is 0 Å². The van der Waals surface area contributed by atoms with E-state index in [4.69, 9.17) is 14.6 Å². The molecule has 0 saturated carbocycles. The highest BCUT2D eigenvalue weighted by molar-refractivity contribution is 5.74. The Bertz CT molecular complexity index is 207. The summed E-state index contributed by atoms with van der Waals surface area (Å²) in [5, 5.41) is 8.78. The van der Waals surface area contributed by atoms with Gasteiger partial charge in [0.1, 0.15) is 5.60 Å². The molecule has 0 aromatic carbocycles. The van der Waals surface area contributed by atoms with Gasteiger partial charge < -0.3 is 14.6 Å². The van der Waals surface area contributed by atoms with Crippen molar-refractivity contribution in [3.8, 4) is 0 Å². The van der Waals surface area contributed by atoms with Crippen LogP contribution in [0.15, 0.2) is 0 Å². The van der Waals surface area contributed by atoms with Gasteiger partial charge in [0.15, 0.2) is 11.9 Å². The first-order valence-corrected chi connectivity index (χ1v) is 3.85. The number of carbonyl (C=O) groups is 1. The Morgan fingerprint density at radius 2 is 1.83 bits per heavy atom. The van der Waals surface area contributed by atoms with Crippen LogP contribution < -0.4 is 0 Å². The van der Waals surface area contributed by atoms with Gasteiger partial charge in [-0.05, 0) is 27.7 Å². The number of carboxylic acids is 1. The summed E-state index contributed by atoms with van der Waals surface area (Å²) in [5.74, 6) is -1.78. The quantitative estimate of drug-likeness (QED) is 0.644. The Morgan fingerprint density at radius 1 is 1.33 bits per heavy atom. The van der Waals surface area contributed by atoms with Gasteiger partial charge in [-0.25, -0.2) is 4.79 Å². The van der Waals surface area contributed by atoms with E-state index in [1.807, 2.05) is 0 Å². The largest absolute Gasteiger partial charge is 0.479 e. The predicted molar refractivity (Wildman–Crippen MR) is 41.8 cm³/mol. The minimum absolute atomic E-state index is 0.755. The molecule has 1 aliphatic heterocycles. The van der Waals surface area contributed by atoms with Crippen molar-refractivity contribution >= 4 is 5.97 Å². The van der Waals surface area contributed by atoms with E-state index >= 15 is 0 Å². The normalized spacial score (nSPS) is 31.8. The van der Waals surface area contributed by atoms with Crippen molar-refractivity contribution in [3.05, 3.63) is 0 Å². The molecule has 0 amide bonds. The Kier molecular flexibility index (Phi) is 1.92. The molecule has 0 unspecified atom stereocenters. The summed E-state index contributed by atoms with van der Waals surface area (Å²) in [4.78, 5) is 10.7. The van der Waals surface area contributed by atoms with Crippen LogP contribution in [-0.2, 0) is 14.3 Å². The van der Waals surface area contributed by atoms with E-state index in [0.717, 1.165) is 0 Å². The monoisotopic (exact) mass is 174 g/mol. The number of rotatable bonds is 1. The molecule has 0 radical (unpaired) electrons. The smallest absolute Gasteiger partial charge is 0.335 e. The van der Waals surface area contributed by atoms with Crippen molar-refractivity contribution < 1.29 is 19.4 Å². The zero-order valence-electron chi connectivity index (χ0n) is 7.75. The second-order valence-corrected chi connectivity index (χ2v) is 3.94. The molecule has 0 aromatic rings. The molecule has 0 bridgehead atoms. The van der Waals surface area contributed by atoms with Gasteiger partial charge in [0.05, 0.1) is 0 Å². The fourth-order valence-electron chi connectivity index (χ4n) is 1.48. The van der Waals surface area contributed by atoms with Gasteiger partial charge in [0, 0.05) is 0 Å². The molecule has 1 rings (SSSR count). The molecular weight excluding hydrogens is 160 g/mol. The Morgan fingerprint density at radius 3 is 2.00 bits per heavy atom. The molecule has 1 saturated heterocycles. The summed E-state index contributed by atoms with van der Waals surface area (Å²) < 4.78 is 10.6. The minimum atomic E-state index is -0.981. The molecule has 0 spiro atoms. The molecule has 1 aliphatic rings. The Balaban J connectivity index is 2.85. The molecule has 1 heterocycles. The number of hydrogen-bond donors (Lipinski definition) is 1. The van der Waals surface area contributed by atoms with Crippen LogP contribution in [-0.4, -0.2) is 28.6 Å². The van der Waals surface area contributed by atoms with Crippen molar-refractivity contribution in [3.63, 3.8) is 0 Å². The molecule has 0 aromatic heterocycles. The van der Waals surface area contributed by atoms with Crippen LogP contribution in [0.3, 0.4) is 0 Å². The third kappa shape index (κ3) is 1.59. The highest BCUT2D eigenvalue weighted by Gasteiger charge is 2.50. The molecular formula is C8H14O4. The van der Waals surface area contributed by atoms with Gasteiger partial charge in [0.25, 0.3) is 0 Å². The second kappa shape index (κ2) is 2.44. The Labute approximate surface area is 71.5 Å². The number of hydrogen-bond acceptors (Lipinski definition) is 3. The maximum atomic E-state index is 10.7. The van der Waals surface area contributed by atoms with Gasteiger partial charge in [-0.1, -0.05) is 0 Å². The lowest BCUT2D eigenvalue weighted by Crippen LogP contribution is -2.39. The molecule has 4 nitrogen and oxygen atoms in total. The van der Waals surface area contributed by atoms with E-state index < -0.39 is 23.5 Å². The first-order valence-electron chi connectivity index (χ1n) is 3.85. The fourth-order valence-corrected chi connectivity index (χ4v) is 1.48. The average Bonchev–Trinajstić information content (AvgIpc) is 1.99. The topological polar surface area (TPSA) is 55.8 Å². The van der Waals surface area contributed by atoms with Crippen LogP contribution in [0.4, 0.5) is 0 Å². The molecule has 4 heteroatoms. The van der Waals surface area contributed by atoms with Crippen molar-refractivity contribution in [1.29, 1.82) is 0 Å². The minimum Gasteiger partial charge on any atom is -0.479 e. The predicted octanol–water partition coefficient (Wildman–Crippen LogP) is 1.00. The van der Waals surface area contributed by atoms with E-state index in [9.17, 15) is 4.79 Å². The average molecular weight is 174 g/mol. The van der Waals surface area contributed by atoms with E-state index in [1.165, 1.54) is 0 Å². The zero-order chi connectivity index (χ0) is 9.57. The summed E-state index contributed by atoms with van der Waals surface area (Å²) >= 11 is 0. The molecule has 1 fully saturated rings. The summed E-state index contributed by atoms with van der Waals surface area (Å²) in [6.07, 6.45) is -0.882. The number of aliphatic carboxylic acids is 1. The summed E-state index contributed by atoms with van der Waals surface area (Å²) in [6.45, 7) is 6.83. The maximum Gasteiger partial charge on any atom is 0.335 e. The highest BCUT2D eigenvalue weighted by atomic mass is 16.8. The molecule has 70 valence electrons. The van der Waals surface area contributed by atoms with Crippen LogP contribution in [0, 0.1) is 0 Å². The molecule has 12 heavy (non-hydrogen) atoms. The molecule has 1 N–H and O–H groups in total. The lowest BCUT2D eigenvalue weighted by molar-refractivity contribution is -0.168. The van der Waals surface area contributed by atoms with Crippen molar-refractivity contribution in [2.75, 3.05) is 0 Å². The van der Waals surface area contributed by atoms with E-state index in [0.29, 0.717) is 0 Å². The van der Waals surface area contributed by atoms with Gasteiger partial charge in [-0.3, -0.25) is 0 Å². The Hall–Kier alpha value is -0.610. The molecule has 1 atom stereocenters. The number of carboxylic acid groups (broad SMARTS) is 1. The van der Waals surface area contributed by atoms with Crippen molar-refractivity contribution in [2.24, 2.45) is 0 Å². The lowest BCUT2D eigenvalue weighted by atomic mass is 10.0. The zero-order valence-corrected chi connectivity index (χ0v) is 7.75. The van der Waals surface area contributed by atoms with Gasteiger partial charge >= 0.3 is 5.97 Å². The summed E-state index contributed by atoms with van der Waals surface area (Å²) in [7, 11) is 0. The van der Waals surface area contributed by atoms with Crippen LogP contribution in [0.5, 0.6) is 0 Å². The second-order valence-electron chi connectivity index (χ2n) is 3.94. The first-order chi connectivity index (χ1) is 5.25. The van der Waals surface area contributed by atoms with Gasteiger partial charge in [0.2, 0.25) is 0 Å². The van der Waals surface area contributed by atoms with E-state index in [-0.39, 0.29) is 0 Å². The van der Waals surface area contributed by atoms with E-state index in [2.05, 4.69) is 0 Å². The number of ether oxygens (including phenoxy) is 2.